The number of carbonyl (C=O) groups is 1. The number of nitrogens with two attached hydrogens (primary N) is 2. The second kappa shape index (κ2) is 5.14. The lowest BCUT2D eigenvalue weighted by Gasteiger charge is -2.14. The molecule has 1 aliphatic heterocycles. The first-order valence-electron chi connectivity index (χ1n) is 5.68. The van der Waals surface area contributed by atoms with Crippen LogP contribution in [0.1, 0.15) is 26.5 Å². The van der Waals surface area contributed by atoms with Gasteiger partial charge in [-0.05, 0) is 25.0 Å². The van der Waals surface area contributed by atoms with Crippen molar-refractivity contribution in [2.45, 2.75) is 25.9 Å². The molecule has 17 heavy (non-hydrogen) atoms. The van der Waals surface area contributed by atoms with Crippen LogP contribution < -0.4 is 17.0 Å². The zero-order valence-electron chi connectivity index (χ0n) is 9.90. The molecule has 1 unspecified atom stereocenters. The number of thiophene rings is 1. The van der Waals surface area contributed by atoms with Gasteiger partial charge >= 0.3 is 0 Å². The number of aryl methyl sites for hydroxylation is 1. The van der Waals surface area contributed by atoms with Crippen molar-refractivity contribution in [1.82, 2.24) is 10.3 Å². The Morgan fingerprint density at radius 1 is 1.71 bits per heavy atom. The molecule has 0 saturated carbocycles. The molecule has 5 N–H and O–H groups in total. The van der Waals surface area contributed by atoms with Crippen molar-refractivity contribution in [2.24, 2.45) is 11.6 Å². The zero-order valence-corrected chi connectivity index (χ0v) is 10.7. The maximum absolute atomic E-state index is 11.4. The van der Waals surface area contributed by atoms with E-state index in [1.165, 1.54) is 21.8 Å². The van der Waals surface area contributed by atoms with Crippen LogP contribution in [0.15, 0.2) is 6.07 Å². The van der Waals surface area contributed by atoms with Gasteiger partial charge in [0, 0.05) is 30.6 Å². The number of likely N-dealkylation sites (tertiary alicyclic amines) is 1. The number of nitrogen functional groups attached to an aromatic ring is 1. The summed E-state index contributed by atoms with van der Waals surface area (Å²) in [5.41, 5.74) is 9.23. The predicted octanol–water partition coefficient (Wildman–Crippen LogP) is 0.193. The van der Waals surface area contributed by atoms with Crippen molar-refractivity contribution in [3.05, 3.63) is 21.4 Å². The van der Waals surface area contributed by atoms with Crippen LogP contribution in [0, 0.1) is 6.92 Å². The largest absolute Gasteiger partial charge is 0.326 e. The van der Waals surface area contributed by atoms with Gasteiger partial charge in [0.15, 0.2) is 0 Å². The number of hydrogen-bond acceptors (Lipinski definition) is 5. The summed E-state index contributed by atoms with van der Waals surface area (Å²) in [6.45, 7) is 4.87. The number of hydrazine groups is 1. The maximum atomic E-state index is 11.4. The summed E-state index contributed by atoms with van der Waals surface area (Å²) in [5.74, 6) is 4.91. The Labute approximate surface area is 105 Å². The monoisotopic (exact) mass is 254 g/mol. The van der Waals surface area contributed by atoms with Crippen LogP contribution in [0.5, 0.6) is 0 Å². The number of amides is 1. The summed E-state index contributed by atoms with van der Waals surface area (Å²) in [7, 11) is 0. The highest BCUT2D eigenvalue weighted by molar-refractivity contribution is 7.14. The van der Waals surface area contributed by atoms with Gasteiger partial charge in [-0.1, -0.05) is 0 Å². The van der Waals surface area contributed by atoms with Gasteiger partial charge in [0.2, 0.25) is 0 Å². The van der Waals surface area contributed by atoms with Gasteiger partial charge in [-0.3, -0.25) is 15.1 Å². The molecule has 1 amide bonds. The lowest BCUT2D eigenvalue weighted by Crippen LogP contribution is -2.29. The first-order valence-corrected chi connectivity index (χ1v) is 6.50. The molecular weight excluding hydrogens is 236 g/mol. The zero-order chi connectivity index (χ0) is 12.4. The fourth-order valence-electron chi connectivity index (χ4n) is 2.11. The third-order valence-corrected chi connectivity index (χ3v) is 4.17. The van der Waals surface area contributed by atoms with Gasteiger partial charge in [0.05, 0.1) is 4.88 Å². The molecule has 1 aromatic rings. The van der Waals surface area contributed by atoms with E-state index in [4.69, 9.17) is 11.6 Å². The second-order valence-electron chi connectivity index (χ2n) is 4.45. The molecule has 94 valence electrons. The van der Waals surface area contributed by atoms with Gasteiger partial charge < -0.3 is 5.73 Å². The van der Waals surface area contributed by atoms with Crippen molar-refractivity contribution in [3.63, 3.8) is 0 Å². The average molecular weight is 254 g/mol. The standard InChI is InChI=1S/C11H18N4OS/c1-7-8(4-10(17-7)11(16)14-13)5-15-3-2-9(12)6-15/h4,9H,2-3,5-6,12-13H2,1H3,(H,14,16). The number of nitrogens with zero attached hydrogens (tertiary/aromatic N) is 1. The smallest absolute Gasteiger partial charge is 0.275 e. The van der Waals surface area contributed by atoms with Crippen LogP contribution in [0.3, 0.4) is 0 Å². The maximum Gasteiger partial charge on any atom is 0.275 e. The van der Waals surface area contributed by atoms with Gasteiger partial charge in [-0.25, -0.2) is 5.84 Å². The summed E-state index contributed by atoms with van der Waals surface area (Å²) in [4.78, 5) is 15.6. The molecule has 2 rings (SSSR count). The molecule has 0 radical (unpaired) electrons. The van der Waals surface area contributed by atoms with Crippen molar-refractivity contribution < 1.29 is 4.79 Å². The van der Waals surface area contributed by atoms with E-state index >= 15 is 0 Å². The molecule has 1 aliphatic rings. The Morgan fingerprint density at radius 2 is 2.47 bits per heavy atom. The van der Waals surface area contributed by atoms with Crippen LogP contribution in [-0.2, 0) is 6.54 Å². The average Bonchev–Trinajstić information content (AvgIpc) is 2.86. The number of nitrogens with one attached hydrogen (secondary N) is 1. The highest BCUT2D eigenvalue weighted by Gasteiger charge is 2.20. The summed E-state index contributed by atoms with van der Waals surface area (Å²) in [6, 6.07) is 2.22. The molecule has 1 aromatic heterocycles. The molecule has 0 bridgehead atoms. The van der Waals surface area contributed by atoms with Crippen LogP contribution in [0.25, 0.3) is 0 Å². The van der Waals surface area contributed by atoms with Crippen LogP contribution >= 0.6 is 11.3 Å². The van der Waals surface area contributed by atoms with Crippen LogP contribution in [0.2, 0.25) is 0 Å². The Morgan fingerprint density at radius 3 is 3.06 bits per heavy atom. The Balaban J connectivity index is 2.06. The number of hydrogen-bond donors (Lipinski definition) is 3. The molecule has 0 aromatic carbocycles. The van der Waals surface area contributed by atoms with E-state index in [2.05, 4.69) is 10.3 Å². The van der Waals surface area contributed by atoms with E-state index in [-0.39, 0.29) is 5.91 Å². The molecule has 1 fully saturated rings. The Hall–Kier alpha value is -0.950. The van der Waals surface area contributed by atoms with E-state index in [1.807, 2.05) is 13.0 Å². The van der Waals surface area contributed by atoms with Crippen LogP contribution in [-0.4, -0.2) is 29.9 Å². The summed E-state index contributed by atoms with van der Waals surface area (Å²) in [6.07, 6.45) is 1.05. The number of carbonyl (C=O) groups excluding carboxylic acids is 1. The minimum Gasteiger partial charge on any atom is -0.326 e. The minimum atomic E-state index is -0.220. The highest BCUT2D eigenvalue weighted by Crippen LogP contribution is 2.24. The van der Waals surface area contributed by atoms with Gasteiger partial charge in [-0.2, -0.15) is 0 Å². The lowest BCUT2D eigenvalue weighted by atomic mass is 10.2. The summed E-state index contributed by atoms with van der Waals surface area (Å²) in [5, 5.41) is 0. The lowest BCUT2D eigenvalue weighted by molar-refractivity contribution is 0.0957. The topological polar surface area (TPSA) is 84.4 Å². The highest BCUT2D eigenvalue weighted by atomic mass is 32.1. The van der Waals surface area contributed by atoms with Gasteiger partial charge in [-0.15, -0.1) is 11.3 Å². The van der Waals surface area contributed by atoms with Gasteiger partial charge in [0.1, 0.15) is 0 Å². The molecule has 5 nitrogen and oxygen atoms in total. The normalized spacial score (nSPS) is 20.8. The van der Waals surface area contributed by atoms with Crippen LogP contribution in [0.4, 0.5) is 0 Å². The van der Waals surface area contributed by atoms with E-state index in [0.29, 0.717) is 10.9 Å². The summed E-state index contributed by atoms with van der Waals surface area (Å²) >= 11 is 1.48. The van der Waals surface area contributed by atoms with E-state index < -0.39 is 0 Å². The first-order chi connectivity index (χ1) is 8.10. The van der Waals surface area contributed by atoms with E-state index in [1.54, 1.807) is 0 Å². The van der Waals surface area contributed by atoms with Crippen molar-refractivity contribution in [3.8, 4) is 0 Å². The fourth-order valence-corrected chi connectivity index (χ4v) is 3.04. The van der Waals surface area contributed by atoms with E-state index in [0.717, 1.165) is 26.1 Å². The minimum absolute atomic E-state index is 0.220. The Kier molecular flexibility index (Phi) is 3.78. The fraction of sp³-hybridized carbons (Fsp3) is 0.545. The van der Waals surface area contributed by atoms with Crippen molar-refractivity contribution >= 4 is 17.2 Å². The Bertz CT molecular complexity index is 418. The van der Waals surface area contributed by atoms with Crippen molar-refractivity contribution in [1.29, 1.82) is 0 Å². The number of rotatable bonds is 3. The molecular formula is C11H18N4OS. The molecule has 2 heterocycles. The molecule has 1 saturated heterocycles. The third kappa shape index (κ3) is 2.84. The second-order valence-corrected chi connectivity index (χ2v) is 5.71. The van der Waals surface area contributed by atoms with Crippen molar-refractivity contribution in [2.75, 3.05) is 13.1 Å². The first kappa shape index (κ1) is 12.5. The predicted molar refractivity (Wildman–Crippen MR) is 68.6 cm³/mol. The SMILES string of the molecule is Cc1sc(C(=O)NN)cc1CN1CCC(N)C1. The third-order valence-electron chi connectivity index (χ3n) is 3.08. The molecule has 0 aliphatic carbocycles. The van der Waals surface area contributed by atoms with E-state index in [9.17, 15) is 4.79 Å². The molecule has 6 heteroatoms. The van der Waals surface area contributed by atoms with Gasteiger partial charge in [0.25, 0.3) is 5.91 Å². The molecule has 1 atom stereocenters. The quantitative estimate of drug-likeness (QED) is 0.408. The molecule has 0 spiro atoms. The summed E-state index contributed by atoms with van der Waals surface area (Å²) < 4.78 is 0.